The normalized spacial score (nSPS) is 11.7. The van der Waals surface area contributed by atoms with Gasteiger partial charge in [0.1, 0.15) is 10.7 Å². The van der Waals surface area contributed by atoms with Gasteiger partial charge < -0.3 is 5.11 Å². The van der Waals surface area contributed by atoms with Crippen LogP contribution >= 0.6 is 11.3 Å². The van der Waals surface area contributed by atoms with E-state index in [0.717, 1.165) is 17.1 Å². The molecule has 108 valence electrons. The maximum absolute atomic E-state index is 13.6. The molecule has 0 aliphatic heterocycles. The van der Waals surface area contributed by atoms with Gasteiger partial charge in [0, 0.05) is 24.5 Å². The van der Waals surface area contributed by atoms with Crippen LogP contribution in [0.25, 0.3) is 0 Å². The molecule has 0 aliphatic rings. The minimum absolute atomic E-state index is 0.138. The summed E-state index contributed by atoms with van der Waals surface area (Å²) in [7, 11) is -3.94. The molecule has 0 saturated carbocycles. The lowest BCUT2D eigenvalue weighted by atomic mass is 10.2. The highest BCUT2D eigenvalue weighted by atomic mass is 32.2. The maximum Gasteiger partial charge on any atom is 0.243 e. The molecule has 0 fully saturated rings. The summed E-state index contributed by atoms with van der Waals surface area (Å²) in [6.45, 7) is -0.208. The van der Waals surface area contributed by atoms with E-state index in [0.29, 0.717) is 12.0 Å². The van der Waals surface area contributed by atoms with Gasteiger partial charge in [-0.2, -0.15) is 0 Å². The Morgan fingerprint density at radius 3 is 2.85 bits per heavy atom. The molecular weight excluding hydrogens is 303 g/mol. The molecule has 5 nitrogen and oxygen atoms in total. The summed E-state index contributed by atoms with van der Waals surface area (Å²) in [5.74, 6) is -0.844. The van der Waals surface area contributed by atoms with Gasteiger partial charge in [-0.3, -0.25) is 0 Å². The van der Waals surface area contributed by atoms with E-state index in [1.54, 1.807) is 11.6 Å². The first kappa shape index (κ1) is 15.0. The van der Waals surface area contributed by atoms with E-state index in [1.165, 1.54) is 17.4 Å². The summed E-state index contributed by atoms with van der Waals surface area (Å²) in [4.78, 5) is 3.57. The summed E-state index contributed by atoms with van der Waals surface area (Å²) in [6, 6.07) is 3.49. The third-order valence-corrected chi connectivity index (χ3v) is 4.90. The van der Waals surface area contributed by atoms with Gasteiger partial charge in [0.05, 0.1) is 11.6 Å². The van der Waals surface area contributed by atoms with E-state index in [4.69, 9.17) is 5.11 Å². The average Bonchev–Trinajstić information content (AvgIpc) is 2.92. The molecule has 20 heavy (non-hydrogen) atoms. The third-order valence-electron chi connectivity index (χ3n) is 2.58. The van der Waals surface area contributed by atoms with Gasteiger partial charge in [-0.15, -0.1) is 11.3 Å². The molecular formula is C12H13FN2O3S2. The number of hydrogen-bond donors (Lipinski definition) is 2. The molecule has 1 heterocycles. The molecule has 0 atom stereocenters. The summed E-state index contributed by atoms with van der Waals surface area (Å²) < 4.78 is 39.9. The van der Waals surface area contributed by atoms with Gasteiger partial charge in [0.2, 0.25) is 10.0 Å². The molecule has 0 aliphatic carbocycles. The second-order valence-corrected chi connectivity index (χ2v) is 6.71. The molecule has 0 unspecified atom stereocenters. The predicted octanol–water partition coefficient (Wildman–Crippen LogP) is 1.30. The smallest absolute Gasteiger partial charge is 0.243 e. The van der Waals surface area contributed by atoms with E-state index in [-0.39, 0.29) is 13.2 Å². The molecule has 0 radical (unpaired) electrons. The minimum Gasteiger partial charge on any atom is -0.392 e. The maximum atomic E-state index is 13.6. The molecule has 2 aromatic rings. The highest BCUT2D eigenvalue weighted by Crippen LogP contribution is 2.16. The van der Waals surface area contributed by atoms with E-state index in [1.807, 2.05) is 0 Å². The molecule has 0 bridgehead atoms. The van der Waals surface area contributed by atoms with Crippen LogP contribution in [0.5, 0.6) is 0 Å². The lowest BCUT2D eigenvalue weighted by Crippen LogP contribution is -2.27. The van der Waals surface area contributed by atoms with Gasteiger partial charge in [0.25, 0.3) is 0 Å². The number of sulfonamides is 1. The van der Waals surface area contributed by atoms with Crippen molar-refractivity contribution >= 4 is 21.4 Å². The van der Waals surface area contributed by atoms with Crippen LogP contribution in [0.3, 0.4) is 0 Å². The number of nitrogens with one attached hydrogen (secondary N) is 1. The van der Waals surface area contributed by atoms with Crippen LogP contribution in [0.2, 0.25) is 0 Å². The van der Waals surface area contributed by atoms with Gasteiger partial charge in [-0.25, -0.2) is 22.5 Å². The predicted molar refractivity (Wildman–Crippen MR) is 73.3 cm³/mol. The van der Waals surface area contributed by atoms with E-state index in [9.17, 15) is 12.8 Å². The first-order valence-corrected chi connectivity index (χ1v) is 8.16. The second-order valence-electron chi connectivity index (χ2n) is 4.00. The first-order chi connectivity index (χ1) is 9.53. The summed E-state index contributed by atoms with van der Waals surface area (Å²) in [5.41, 5.74) is 0.340. The quantitative estimate of drug-likeness (QED) is 0.842. The monoisotopic (exact) mass is 316 g/mol. The van der Waals surface area contributed by atoms with Crippen molar-refractivity contribution in [3.05, 3.63) is 46.2 Å². The van der Waals surface area contributed by atoms with Crippen molar-refractivity contribution in [1.82, 2.24) is 9.71 Å². The van der Waals surface area contributed by atoms with Crippen molar-refractivity contribution < 1.29 is 17.9 Å². The molecule has 0 spiro atoms. The standard InChI is InChI=1S/C12H13FN2O3S2/c13-10-2-1-9(8-16)7-11(10)20(17,18)15-4-3-12-14-5-6-19-12/h1-2,5-7,15-16H,3-4,8H2. The topological polar surface area (TPSA) is 79.3 Å². The van der Waals surface area contributed by atoms with Crippen LogP contribution in [0.15, 0.2) is 34.7 Å². The van der Waals surface area contributed by atoms with Crippen LogP contribution in [-0.4, -0.2) is 25.1 Å². The van der Waals surface area contributed by atoms with Gasteiger partial charge in [0.15, 0.2) is 0 Å². The number of thiazole rings is 1. The van der Waals surface area contributed by atoms with Gasteiger partial charge >= 0.3 is 0 Å². The number of aliphatic hydroxyl groups excluding tert-OH is 1. The lowest BCUT2D eigenvalue weighted by Gasteiger charge is -2.08. The number of rotatable bonds is 6. The zero-order chi connectivity index (χ0) is 14.6. The van der Waals surface area contributed by atoms with Crippen LogP contribution in [0.4, 0.5) is 4.39 Å². The zero-order valence-corrected chi connectivity index (χ0v) is 12.0. The lowest BCUT2D eigenvalue weighted by molar-refractivity contribution is 0.281. The number of aliphatic hydroxyl groups is 1. The Morgan fingerprint density at radius 2 is 2.20 bits per heavy atom. The molecule has 1 aromatic heterocycles. The number of hydrogen-bond acceptors (Lipinski definition) is 5. The van der Waals surface area contributed by atoms with Crippen molar-refractivity contribution in [2.45, 2.75) is 17.9 Å². The molecule has 1 aromatic carbocycles. The summed E-state index contributed by atoms with van der Waals surface area (Å²) in [5, 5.41) is 11.6. The fourth-order valence-electron chi connectivity index (χ4n) is 1.60. The largest absolute Gasteiger partial charge is 0.392 e. The fourth-order valence-corrected chi connectivity index (χ4v) is 3.38. The van der Waals surface area contributed by atoms with Crippen molar-refractivity contribution in [2.24, 2.45) is 0 Å². The van der Waals surface area contributed by atoms with Crippen molar-refractivity contribution in [1.29, 1.82) is 0 Å². The van der Waals surface area contributed by atoms with E-state index >= 15 is 0 Å². The SMILES string of the molecule is O=S(=O)(NCCc1nccs1)c1cc(CO)ccc1F. The Morgan fingerprint density at radius 1 is 1.40 bits per heavy atom. The van der Waals surface area contributed by atoms with E-state index in [2.05, 4.69) is 9.71 Å². The second kappa shape index (κ2) is 6.40. The molecule has 0 amide bonds. The van der Waals surface area contributed by atoms with Crippen molar-refractivity contribution in [2.75, 3.05) is 6.54 Å². The van der Waals surface area contributed by atoms with Crippen LogP contribution < -0.4 is 4.72 Å². The van der Waals surface area contributed by atoms with Gasteiger partial charge in [-0.05, 0) is 17.7 Å². The molecule has 0 saturated heterocycles. The molecule has 2 rings (SSSR count). The number of halogens is 1. The van der Waals surface area contributed by atoms with Crippen molar-refractivity contribution in [3.8, 4) is 0 Å². The first-order valence-electron chi connectivity index (χ1n) is 5.80. The zero-order valence-electron chi connectivity index (χ0n) is 10.4. The average molecular weight is 316 g/mol. The van der Waals surface area contributed by atoms with Crippen LogP contribution in [0, 0.1) is 5.82 Å². The Kier molecular flexibility index (Phi) is 4.81. The van der Waals surface area contributed by atoms with E-state index < -0.39 is 20.7 Å². The number of nitrogens with zero attached hydrogens (tertiary/aromatic N) is 1. The fraction of sp³-hybridized carbons (Fsp3) is 0.250. The number of aromatic nitrogens is 1. The Bertz CT molecular complexity index is 672. The Labute approximate surface area is 120 Å². The Hall–Kier alpha value is -1.35. The summed E-state index contributed by atoms with van der Waals surface area (Å²) >= 11 is 1.43. The molecule has 2 N–H and O–H groups in total. The third kappa shape index (κ3) is 3.60. The highest BCUT2D eigenvalue weighted by molar-refractivity contribution is 7.89. The highest BCUT2D eigenvalue weighted by Gasteiger charge is 2.19. The Balaban J connectivity index is 2.09. The minimum atomic E-state index is -3.94. The molecule has 8 heteroatoms. The summed E-state index contributed by atoms with van der Waals surface area (Å²) in [6.07, 6.45) is 2.08. The van der Waals surface area contributed by atoms with Gasteiger partial charge in [-0.1, -0.05) is 6.07 Å². The van der Waals surface area contributed by atoms with Crippen LogP contribution in [0.1, 0.15) is 10.6 Å². The van der Waals surface area contributed by atoms with Crippen LogP contribution in [-0.2, 0) is 23.1 Å². The van der Waals surface area contributed by atoms with Crippen molar-refractivity contribution in [3.63, 3.8) is 0 Å². The number of benzene rings is 1.